The van der Waals surface area contributed by atoms with Gasteiger partial charge in [-0.1, -0.05) is 42.9 Å². The van der Waals surface area contributed by atoms with E-state index in [1.807, 2.05) is 31.2 Å². The van der Waals surface area contributed by atoms with E-state index < -0.39 is 0 Å². The van der Waals surface area contributed by atoms with E-state index in [4.69, 9.17) is 0 Å². The van der Waals surface area contributed by atoms with Gasteiger partial charge in [0.2, 0.25) is 5.13 Å². The fourth-order valence-electron chi connectivity index (χ4n) is 2.56. The fourth-order valence-corrected chi connectivity index (χ4v) is 3.43. The first-order chi connectivity index (χ1) is 12.2. The van der Waals surface area contributed by atoms with Crippen LogP contribution in [0.4, 0.5) is 9.52 Å². The Bertz CT molecular complexity index is 834. The molecule has 130 valence electrons. The number of hydrogen-bond donors (Lipinski definition) is 0. The maximum absolute atomic E-state index is 14.0. The summed E-state index contributed by atoms with van der Waals surface area (Å²) >= 11 is 1.53. The number of benzene rings is 1. The van der Waals surface area contributed by atoms with Crippen molar-refractivity contribution in [1.82, 2.24) is 15.2 Å². The van der Waals surface area contributed by atoms with Crippen LogP contribution in [-0.4, -0.2) is 21.7 Å². The van der Waals surface area contributed by atoms with E-state index in [2.05, 4.69) is 27.0 Å². The van der Waals surface area contributed by atoms with Crippen LogP contribution in [0.1, 0.15) is 31.0 Å². The van der Waals surface area contributed by atoms with Gasteiger partial charge in [-0.05, 0) is 31.5 Å². The van der Waals surface area contributed by atoms with Gasteiger partial charge < -0.3 is 4.90 Å². The van der Waals surface area contributed by atoms with E-state index >= 15 is 0 Å². The molecule has 4 nitrogen and oxygen atoms in total. The quantitative estimate of drug-likeness (QED) is 0.606. The molecule has 0 spiro atoms. The van der Waals surface area contributed by atoms with E-state index in [1.165, 1.54) is 17.4 Å². The third-order valence-corrected chi connectivity index (χ3v) is 4.96. The molecule has 6 heteroatoms. The van der Waals surface area contributed by atoms with Gasteiger partial charge in [-0.2, -0.15) is 0 Å². The molecule has 2 heterocycles. The second kappa shape index (κ2) is 8.16. The Morgan fingerprint density at radius 2 is 2.00 bits per heavy atom. The van der Waals surface area contributed by atoms with Gasteiger partial charge in [0.25, 0.3) is 0 Å². The first-order valence-electron chi connectivity index (χ1n) is 8.42. The zero-order valence-electron chi connectivity index (χ0n) is 14.4. The number of aromatic nitrogens is 3. The number of aryl methyl sites for hydroxylation is 1. The van der Waals surface area contributed by atoms with Crippen LogP contribution in [0.5, 0.6) is 0 Å². The Hall–Kier alpha value is -2.34. The first-order valence-corrected chi connectivity index (χ1v) is 9.24. The third-order valence-electron chi connectivity index (χ3n) is 3.93. The summed E-state index contributed by atoms with van der Waals surface area (Å²) < 4.78 is 14.0. The molecule has 2 aromatic heterocycles. The lowest BCUT2D eigenvalue weighted by Gasteiger charge is -2.21. The van der Waals surface area contributed by atoms with Crippen molar-refractivity contribution in [2.75, 3.05) is 11.4 Å². The van der Waals surface area contributed by atoms with Crippen molar-refractivity contribution in [2.24, 2.45) is 0 Å². The molecule has 3 aromatic rings. The van der Waals surface area contributed by atoms with Crippen molar-refractivity contribution in [2.45, 2.75) is 33.2 Å². The molecule has 3 rings (SSSR count). The van der Waals surface area contributed by atoms with Crippen LogP contribution in [0.25, 0.3) is 10.6 Å². The van der Waals surface area contributed by atoms with Crippen LogP contribution in [-0.2, 0) is 6.54 Å². The minimum absolute atomic E-state index is 0.182. The zero-order chi connectivity index (χ0) is 17.6. The van der Waals surface area contributed by atoms with Crippen molar-refractivity contribution in [3.05, 3.63) is 59.7 Å². The molecule has 0 saturated carbocycles. The monoisotopic (exact) mass is 356 g/mol. The van der Waals surface area contributed by atoms with Gasteiger partial charge in [-0.3, -0.25) is 4.98 Å². The molecule has 0 aliphatic carbocycles. The molecule has 0 radical (unpaired) electrons. The van der Waals surface area contributed by atoms with Crippen LogP contribution in [0.2, 0.25) is 0 Å². The molecule has 1 aromatic carbocycles. The van der Waals surface area contributed by atoms with Gasteiger partial charge in [0, 0.05) is 36.1 Å². The molecule has 0 unspecified atom stereocenters. The summed E-state index contributed by atoms with van der Waals surface area (Å²) in [5, 5.41) is 10.4. The number of anilines is 1. The predicted molar refractivity (Wildman–Crippen MR) is 100 cm³/mol. The molecule has 0 atom stereocenters. The van der Waals surface area contributed by atoms with Crippen LogP contribution < -0.4 is 4.90 Å². The highest BCUT2D eigenvalue weighted by Gasteiger charge is 2.15. The number of unbranched alkanes of at least 4 members (excludes halogenated alkanes) is 1. The van der Waals surface area contributed by atoms with Crippen LogP contribution >= 0.6 is 11.3 Å². The highest BCUT2D eigenvalue weighted by molar-refractivity contribution is 7.18. The Balaban J connectivity index is 1.85. The van der Waals surface area contributed by atoms with Gasteiger partial charge in [-0.15, -0.1) is 10.2 Å². The molecule has 0 fully saturated rings. The summed E-state index contributed by atoms with van der Waals surface area (Å²) in [6.07, 6.45) is 3.88. The third kappa shape index (κ3) is 4.39. The molecule has 0 bridgehead atoms. The number of pyridine rings is 1. The first kappa shape index (κ1) is 17.5. The Labute approximate surface area is 151 Å². The normalized spacial score (nSPS) is 10.8. The van der Waals surface area contributed by atoms with E-state index in [-0.39, 0.29) is 5.82 Å². The number of nitrogens with zero attached hydrogens (tertiary/aromatic N) is 4. The van der Waals surface area contributed by atoms with E-state index in [0.29, 0.717) is 12.1 Å². The lowest BCUT2D eigenvalue weighted by molar-refractivity contribution is 0.600. The molecular formula is C19H21FN4S. The Morgan fingerprint density at radius 3 is 2.76 bits per heavy atom. The average Bonchev–Trinajstić information content (AvgIpc) is 3.10. The summed E-state index contributed by atoms with van der Waals surface area (Å²) in [7, 11) is 0. The number of rotatable bonds is 7. The maximum Gasteiger partial charge on any atom is 0.208 e. The van der Waals surface area contributed by atoms with Gasteiger partial charge in [0.05, 0.1) is 0 Å². The molecule has 25 heavy (non-hydrogen) atoms. The van der Waals surface area contributed by atoms with E-state index in [9.17, 15) is 4.39 Å². The highest BCUT2D eigenvalue weighted by atomic mass is 32.1. The predicted octanol–water partition coefficient (Wildman–Crippen LogP) is 4.85. The number of halogens is 1. The molecule has 0 aliphatic heterocycles. The van der Waals surface area contributed by atoms with Gasteiger partial charge in [0.1, 0.15) is 10.8 Å². The average molecular weight is 356 g/mol. The van der Waals surface area contributed by atoms with Gasteiger partial charge in [0.15, 0.2) is 0 Å². The lowest BCUT2D eigenvalue weighted by Crippen LogP contribution is -2.24. The van der Waals surface area contributed by atoms with Crippen molar-refractivity contribution in [3.8, 4) is 10.6 Å². The number of hydrogen-bond acceptors (Lipinski definition) is 5. The largest absolute Gasteiger partial charge is 0.342 e. The Morgan fingerprint density at radius 1 is 1.16 bits per heavy atom. The summed E-state index contributed by atoms with van der Waals surface area (Å²) in [6, 6.07) is 10.8. The minimum atomic E-state index is -0.182. The van der Waals surface area contributed by atoms with Crippen LogP contribution in [0, 0.1) is 12.7 Å². The summed E-state index contributed by atoms with van der Waals surface area (Å²) in [4.78, 5) is 6.33. The summed E-state index contributed by atoms with van der Waals surface area (Å²) in [6.45, 7) is 5.43. The van der Waals surface area contributed by atoms with Crippen LogP contribution in [0.3, 0.4) is 0 Å². The maximum atomic E-state index is 14.0. The molecule has 0 N–H and O–H groups in total. The highest BCUT2D eigenvalue weighted by Crippen LogP contribution is 2.30. The van der Waals surface area contributed by atoms with Crippen molar-refractivity contribution < 1.29 is 4.39 Å². The lowest BCUT2D eigenvalue weighted by atomic mass is 10.2. The molecule has 0 saturated heterocycles. The van der Waals surface area contributed by atoms with Crippen molar-refractivity contribution in [3.63, 3.8) is 0 Å². The fraction of sp³-hybridized carbons (Fsp3) is 0.316. The Kier molecular flexibility index (Phi) is 5.71. The van der Waals surface area contributed by atoms with E-state index in [1.54, 1.807) is 12.3 Å². The van der Waals surface area contributed by atoms with Gasteiger partial charge >= 0.3 is 0 Å². The molecule has 0 aliphatic rings. The van der Waals surface area contributed by atoms with E-state index in [0.717, 1.165) is 40.8 Å². The van der Waals surface area contributed by atoms with Crippen molar-refractivity contribution >= 4 is 16.5 Å². The van der Waals surface area contributed by atoms with Crippen LogP contribution in [0.15, 0.2) is 42.6 Å². The van der Waals surface area contributed by atoms with Gasteiger partial charge in [-0.25, -0.2) is 4.39 Å². The molecule has 0 amide bonds. The zero-order valence-corrected chi connectivity index (χ0v) is 15.3. The standard InChI is InChI=1S/C19H21FN4S/c1-3-4-11-24(13-16-7-5-6-8-17(16)20)19-23-22-18(25-19)15-9-10-21-14(2)12-15/h5-10,12H,3-4,11,13H2,1-2H3. The molecular weight excluding hydrogens is 335 g/mol. The summed E-state index contributed by atoms with van der Waals surface area (Å²) in [5.74, 6) is -0.182. The smallest absolute Gasteiger partial charge is 0.208 e. The summed E-state index contributed by atoms with van der Waals surface area (Å²) in [5.41, 5.74) is 2.64. The second-order valence-corrected chi connectivity index (χ2v) is 6.90. The van der Waals surface area contributed by atoms with Crippen molar-refractivity contribution in [1.29, 1.82) is 0 Å². The SMILES string of the molecule is CCCCN(Cc1ccccc1F)c1nnc(-c2ccnc(C)c2)s1. The topological polar surface area (TPSA) is 41.9 Å². The second-order valence-electron chi connectivity index (χ2n) is 5.94. The minimum Gasteiger partial charge on any atom is -0.342 e.